The lowest BCUT2D eigenvalue weighted by Gasteiger charge is -2.24. The van der Waals surface area contributed by atoms with E-state index < -0.39 is 0 Å². The van der Waals surface area contributed by atoms with Crippen molar-refractivity contribution in [3.05, 3.63) is 48.2 Å². The Morgan fingerprint density at radius 2 is 2.08 bits per heavy atom. The largest absolute Gasteiger partial charge is 0.376 e. The van der Waals surface area contributed by atoms with Gasteiger partial charge in [-0.15, -0.1) is 0 Å². The fraction of sp³-hybridized carbons (Fsp3) is 0.444. The molecule has 2 N–H and O–H groups in total. The van der Waals surface area contributed by atoms with Gasteiger partial charge in [0.05, 0.1) is 12.1 Å². The number of nitrogens with zero attached hydrogens (tertiary/aromatic N) is 2. The first-order valence-corrected chi connectivity index (χ1v) is 8.42. The molecule has 2 atom stereocenters. The van der Waals surface area contributed by atoms with Crippen molar-refractivity contribution in [3.8, 4) is 0 Å². The van der Waals surface area contributed by atoms with E-state index in [4.69, 9.17) is 4.74 Å². The van der Waals surface area contributed by atoms with Gasteiger partial charge in [0.15, 0.2) is 5.82 Å². The molecule has 0 saturated carbocycles. The molecule has 2 heterocycles. The molecule has 128 valence electrons. The molecule has 0 spiro atoms. The maximum absolute atomic E-state index is 12.4. The molecule has 0 unspecified atom stereocenters. The minimum Gasteiger partial charge on any atom is -0.376 e. The van der Waals surface area contributed by atoms with Crippen LogP contribution in [-0.4, -0.2) is 28.5 Å². The van der Waals surface area contributed by atoms with Crippen molar-refractivity contribution in [2.24, 2.45) is 0 Å². The molecule has 2 aromatic rings. The second kappa shape index (κ2) is 7.49. The monoisotopic (exact) mass is 328 g/mol. The Hall–Kier alpha value is -2.34. The van der Waals surface area contributed by atoms with Crippen LogP contribution in [0.25, 0.3) is 0 Å². The van der Waals surface area contributed by atoms with Crippen LogP contribution in [0.1, 0.15) is 44.3 Å². The number of anilines is 1. The summed E-state index contributed by atoms with van der Waals surface area (Å²) in [6.07, 6.45) is 3.83. The summed E-state index contributed by atoms with van der Waals surface area (Å²) >= 11 is 0. The highest BCUT2D eigenvalue weighted by Crippen LogP contribution is 2.27. The minimum atomic E-state index is -0.270. The summed E-state index contributed by atoms with van der Waals surface area (Å²) in [5.74, 6) is 0.542. The van der Waals surface area contributed by atoms with Crippen molar-refractivity contribution < 1.29 is 9.53 Å². The molecule has 0 aliphatic carbocycles. The number of amides is 2. The zero-order chi connectivity index (χ0) is 16.9. The Morgan fingerprint density at radius 3 is 2.71 bits per heavy atom. The van der Waals surface area contributed by atoms with Crippen molar-refractivity contribution in [1.29, 1.82) is 0 Å². The third-order valence-electron chi connectivity index (χ3n) is 4.16. The number of nitrogens with one attached hydrogen (secondary N) is 2. The van der Waals surface area contributed by atoms with Gasteiger partial charge in [0, 0.05) is 24.9 Å². The minimum absolute atomic E-state index is 0.00590. The van der Waals surface area contributed by atoms with E-state index in [2.05, 4.69) is 15.7 Å². The lowest BCUT2D eigenvalue weighted by atomic mass is 9.99. The third kappa shape index (κ3) is 3.94. The van der Waals surface area contributed by atoms with Crippen molar-refractivity contribution >= 4 is 11.8 Å². The first-order valence-electron chi connectivity index (χ1n) is 8.42. The smallest absolute Gasteiger partial charge is 0.321 e. The maximum atomic E-state index is 12.4. The van der Waals surface area contributed by atoms with Crippen LogP contribution < -0.4 is 10.6 Å². The lowest BCUT2D eigenvalue weighted by Crippen LogP contribution is -2.38. The number of aromatic nitrogens is 2. The Morgan fingerprint density at radius 1 is 1.29 bits per heavy atom. The van der Waals surface area contributed by atoms with Gasteiger partial charge in [0.25, 0.3) is 0 Å². The summed E-state index contributed by atoms with van der Waals surface area (Å²) in [6, 6.07) is 11.6. The fourth-order valence-electron chi connectivity index (χ4n) is 2.90. The SMILES string of the molecule is CC(C)n1ccc(NC(=O)N[C@H](c2ccccc2)[C@H]2CCCO2)n1. The predicted molar refractivity (Wildman–Crippen MR) is 92.9 cm³/mol. The summed E-state index contributed by atoms with van der Waals surface area (Å²) in [4.78, 5) is 12.4. The molecule has 1 aliphatic heterocycles. The number of rotatable bonds is 5. The molecule has 1 aromatic heterocycles. The van der Waals surface area contributed by atoms with Crippen LogP contribution in [0.15, 0.2) is 42.6 Å². The molecule has 2 amide bonds. The van der Waals surface area contributed by atoms with E-state index in [0.29, 0.717) is 5.82 Å². The van der Waals surface area contributed by atoms with Crippen LogP contribution >= 0.6 is 0 Å². The first kappa shape index (κ1) is 16.5. The van der Waals surface area contributed by atoms with Gasteiger partial charge >= 0.3 is 6.03 Å². The zero-order valence-electron chi connectivity index (χ0n) is 14.1. The molecule has 24 heavy (non-hydrogen) atoms. The van der Waals surface area contributed by atoms with E-state index in [0.717, 1.165) is 25.0 Å². The number of ether oxygens (including phenoxy) is 1. The van der Waals surface area contributed by atoms with E-state index in [1.807, 2.05) is 55.1 Å². The Balaban J connectivity index is 1.68. The highest BCUT2D eigenvalue weighted by atomic mass is 16.5. The molecule has 6 heteroatoms. The van der Waals surface area contributed by atoms with Crippen LogP contribution in [0, 0.1) is 0 Å². The number of hydrogen-bond donors (Lipinski definition) is 2. The average Bonchev–Trinajstić information content (AvgIpc) is 3.25. The number of carbonyl (C=O) groups is 1. The lowest BCUT2D eigenvalue weighted by molar-refractivity contribution is 0.0815. The Labute approximate surface area is 142 Å². The molecule has 0 radical (unpaired) electrons. The summed E-state index contributed by atoms with van der Waals surface area (Å²) in [7, 11) is 0. The average molecular weight is 328 g/mol. The molecule has 3 rings (SSSR count). The van der Waals surface area contributed by atoms with Crippen molar-refractivity contribution in [2.75, 3.05) is 11.9 Å². The van der Waals surface area contributed by atoms with Gasteiger partial charge in [-0.3, -0.25) is 10.00 Å². The van der Waals surface area contributed by atoms with E-state index >= 15 is 0 Å². The van der Waals surface area contributed by atoms with Crippen LogP contribution in [0.5, 0.6) is 0 Å². The maximum Gasteiger partial charge on any atom is 0.321 e. The highest BCUT2D eigenvalue weighted by molar-refractivity contribution is 5.88. The Bertz CT molecular complexity index is 663. The summed E-state index contributed by atoms with van der Waals surface area (Å²) in [5, 5.41) is 10.2. The van der Waals surface area contributed by atoms with Gasteiger partial charge < -0.3 is 10.1 Å². The molecule has 1 aliphatic rings. The first-order chi connectivity index (χ1) is 11.6. The van der Waals surface area contributed by atoms with Crippen molar-refractivity contribution in [2.45, 2.75) is 44.9 Å². The van der Waals surface area contributed by atoms with E-state index in [-0.39, 0.29) is 24.2 Å². The van der Waals surface area contributed by atoms with Gasteiger partial charge in [0.1, 0.15) is 0 Å². The molecule has 6 nitrogen and oxygen atoms in total. The second-order valence-corrected chi connectivity index (χ2v) is 6.31. The quantitative estimate of drug-likeness (QED) is 0.882. The number of urea groups is 1. The highest BCUT2D eigenvalue weighted by Gasteiger charge is 2.28. The number of benzene rings is 1. The second-order valence-electron chi connectivity index (χ2n) is 6.31. The van der Waals surface area contributed by atoms with E-state index in [9.17, 15) is 4.79 Å². The fourth-order valence-corrected chi connectivity index (χ4v) is 2.90. The van der Waals surface area contributed by atoms with Crippen molar-refractivity contribution in [1.82, 2.24) is 15.1 Å². The van der Waals surface area contributed by atoms with Gasteiger partial charge in [-0.2, -0.15) is 5.10 Å². The summed E-state index contributed by atoms with van der Waals surface area (Å²) in [5.41, 5.74) is 1.05. The molecule has 1 saturated heterocycles. The molecule has 1 fully saturated rings. The standard InChI is InChI=1S/C18H24N4O2/c1-13(2)22-11-10-16(21-22)19-18(23)20-17(15-9-6-12-24-15)14-7-4-3-5-8-14/h3-5,7-8,10-11,13,15,17H,6,9,12H2,1-2H3,(H2,19,20,21,23)/t15-,17-/m1/s1. The summed E-state index contributed by atoms with van der Waals surface area (Å²) < 4.78 is 7.60. The van der Waals surface area contributed by atoms with Crippen LogP contribution in [0.4, 0.5) is 10.6 Å². The molecular weight excluding hydrogens is 304 g/mol. The Kier molecular flexibility index (Phi) is 5.15. The van der Waals surface area contributed by atoms with Crippen molar-refractivity contribution in [3.63, 3.8) is 0 Å². The van der Waals surface area contributed by atoms with Gasteiger partial charge in [-0.1, -0.05) is 30.3 Å². The predicted octanol–water partition coefficient (Wildman–Crippen LogP) is 3.51. The van der Waals surface area contributed by atoms with Gasteiger partial charge in [-0.05, 0) is 32.3 Å². The van der Waals surface area contributed by atoms with E-state index in [1.165, 1.54) is 0 Å². The molecule has 1 aromatic carbocycles. The molecule has 0 bridgehead atoms. The van der Waals surface area contributed by atoms with Gasteiger partial charge in [-0.25, -0.2) is 4.79 Å². The van der Waals surface area contributed by atoms with Gasteiger partial charge in [0.2, 0.25) is 0 Å². The van der Waals surface area contributed by atoms with Crippen LogP contribution in [0.3, 0.4) is 0 Å². The number of carbonyl (C=O) groups excluding carboxylic acids is 1. The summed E-state index contributed by atoms with van der Waals surface area (Å²) in [6.45, 7) is 4.83. The topological polar surface area (TPSA) is 68.2 Å². The van der Waals surface area contributed by atoms with Crippen LogP contribution in [0.2, 0.25) is 0 Å². The van der Waals surface area contributed by atoms with Crippen LogP contribution in [-0.2, 0) is 4.74 Å². The van der Waals surface area contributed by atoms with E-state index in [1.54, 1.807) is 6.07 Å². The normalized spacial score (nSPS) is 18.5. The number of hydrogen-bond acceptors (Lipinski definition) is 3. The third-order valence-corrected chi connectivity index (χ3v) is 4.16. The molecular formula is C18H24N4O2. The zero-order valence-corrected chi connectivity index (χ0v) is 14.1.